The van der Waals surface area contributed by atoms with Crippen LogP contribution in [0, 0.1) is 64.6 Å². The fraction of sp³-hybridized carbons (Fsp3) is 0.771. The first kappa shape index (κ1) is 30.3. The maximum absolute atomic E-state index is 13.2. The average molecular weight is 648 g/mol. The SMILES string of the molecule is CO[C@@H]1C[C@H]2[C@@H]3CC[C@H]([C@@H](C/C=C(\Br)C(C)C)COS(=O)(=O)c4ccc(C)cc4)[C@@]3(C)CC[C@@H]2[C@@]2(C)CC[C@@H]3C[C@]312. The Morgan fingerprint density at radius 2 is 1.80 bits per heavy atom. The highest BCUT2D eigenvalue weighted by Crippen LogP contribution is 2.82. The summed E-state index contributed by atoms with van der Waals surface area (Å²) in [5.74, 6) is 4.13. The zero-order valence-electron chi connectivity index (χ0n) is 26.0. The van der Waals surface area contributed by atoms with Crippen LogP contribution in [-0.4, -0.2) is 28.2 Å². The summed E-state index contributed by atoms with van der Waals surface area (Å²) in [5.41, 5.74) is 2.13. The lowest BCUT2D eigenvalue weighted by atomic mass is 9.45. The molecule has 41 heavy (non-hydrogen) atoms. The third-order valence-corrected chi connectivity index (χ3v) is 15.9. The fourth-order valence-electron chi connectivity index (χ4n) is 11.2. The van der Waals surface area contributed by atoms with Gasteiger partial charge in [-0.1, -0.05) is 67.4 Å². The minimum atomic E-state index is -3.80. The van der Waals surface area contributed by atoms with Crippen LogP contribution >= 0.6 is 15.9 Å². The molecule has 0 heterocycles. The van der Waals surface area contributed by atoms with Crippen LogP contribution in [0.1, 0.15) is 91.0 Å². The average Bonchev–Trinajstić information content (AvgIpc) is 3.45. The fourth-order valence-corrected chi connectivity index (χ4v) is 12.3. The third-order valence-electron chi connectivity index (χ3n) is 13.4. The first-order chi connectivity index (χ1) is 19.4. The lowest BCUT2D eigenvalue weighted by Gasteiger charge is -2.61. The molecule has 0 amide bonds. The van der Waals surface area contributed by atoms with Gasteiger partial charge in [0.05, 0.1) is 17.6 Å². The van der Waals surface area contributed by atoms with E-state index in [2.05, 4.69) is 49.7 Å². The Labute approximate surface area is 257 Å². The van der Waals surface area contributed by atoms with Gasteiger partial charge in [0.1, 0.15) is 0 Å². The number of ether oxygens (including phenoxy) is 1. The van der Waals surface area contributed by atoms with E-state index in [1.807, 2.05) is 26.2 Å². The molecule has 1 aromatic rings. The Kier molecular flexibility index (Phi) is 7.94. The van der Waals surface area contributed by atoms with Gasteiger partial charge in [0, 0.05) is 12.5 Å². The van der Waals surface area contributed by atoms with Crippen molar-refractivity contribution in [2.45, 2.75) is 103 Å². The molecule has 0 aliphatic heterocycles. The van der Waals surface area contributed by atoms with Gasteiger partial charge in [-0.15, -0.1) is 0 Å². The first-order valence-corrected chi connectivity index (χ1v) is 18.4. The molecule has 0 aromatic heterocycles. The van der Waals surface area contributed by atoms with E-state index in [1.165, 1.54) is 49.4 Å². The second kappa shape index (κ2) is 10.7. The van der Waals surface area contributed by atoms with Gasteiger partial charge in [-0.05, 0) is 134 Å². The molecule has 10 atom stereocenters. The van der Waals surface area contributed by atoms with E-state index in [1.54, 1.807) is 12.1 Å². The Bertz CT molecular complexity index is 1270. The summed E-state index contributed by atoms with van der Waals surface area (Å²) in [4.78, 5) is 0.252. The number of allylic oxidation sites excluding steroid dienone is 2. The van der Waals surface area contributed by atoms with Crippen molar-refractivity contribution in [3.63, 3.8) is 0 Å². The molecule has 5 aliphatic rings. The maximum atomic E-state index is 13.2. The van der Waals surface area contributed by atoms with Crippen molar-refractivity contribution in [3.8, 4) is 0 Å². The number of halogens is 1. The van der Waals surface area contributed by atoms with Crippen molar-refractivity contribution in [3.05, 3.63) is 40.4 Å². The lowest BCUT2D eigenvalue weighted by molar-refractivity contribution is -0.161. The number of benzene rings is 1. The van der Waals surface area contributed by atoms with Gasteiger partial charge < -0.3 is 4.74 Å². The second-order valence-electron chi connectivity index (χ2n) is 15.3. The molecule has 0 saturated heterocycles. The Morgan fingerprint density at radius 3 is 2.46 bits per heavy atom. The first-order valence-electron chi connectivity index (χ1n) is 16.2. The van der Waals surface area contributed by atoms with Crippen LogP contribution in [0.5, 0.6) is 0 Å². The van der Waals surface area contributed by atoms with Crippen molar-refractivity contribution in [2.75, 3.05) is 13.7 Å². The Hall–Kier alpha value is -0.690. The van der Waals surface area contributed by atoms with Gasteiger partial charge in [-0.2, -0.15) is 8.42 Å². The molecule has 5 fully saturated rings. The van der Waals surface area contributed by atoms with Gasteiger partial charge in [-0.3, -0.25) is 4.18 Å². The molecular weight excluding hydrogens is 596 g/mol. The molecule has 228 valence electrons. The number of methoxy groups -OCH3 is 1. The predicted molar refractivity (Wildman–Crippen MR) is 168 cm³/mol. The molecule has 5 saturated carbocycles. The van der Waals surface area contributed by atoms with Crippen molar-refractivity contribution < 1.29 is 17.3 Å². The summed E-state index contributed by atoms with van der Waals surface area (Å²) in [7, 11) is -1.84. The van der Waals surface area contributed by atoms with Gasteiger partial charge >= 0.3 is 0 Å². The molecule has 6 heteroatoms. The third kappa shape index (κ3) is 4.75. The van der Waals surface area contributed by atoms with E-state index in [0.717, 1.165) is 36.2 Å². The van der Waals surface area contributed by atoms with Crippen LogP contribution in [0.2, 0.25) is 0 Å². The van der Waals surface area contributed by atoms with Crippen LogP contribution in [0.4, 0.5) is 0 Å². The lowest BCUT2D eigenvalue weighted by Crippen LogP contribution is -2.57. The maximum Gasteiger partial charge on any atom is 0.296 e. The van der Waals surface area contributed by atoms with E-state index < -0.39 is 10.1 Å². The largest absolute Gasteiger partial charge is 0.381 e. The van der Waals surface area contributed by atoms with Crippen molar-refractivity contribution >= 4 is 26.0 Å². The monoisotopic (exact) mass is 646 g/mol. The summed E-state index contributed by atoms with van der Waals surface area (Å²) in [5, 5.41) is 0. The van der Waals surface area contributed by atoms with Crippen LogP contribution < -0.4 is 0 Å². The van der Waals surface area contributed by atoms with E-state index in [9.17, 15) is 8.42 Å². The smallest absolute Gasteiger partial charge is 0.296 e. The van der Waals surface area contributed by atoms with E-state index >= 15 is 0 Å². The number of aryl methyl sites for hydroxylation is 1. The zero-order valence-corrected chi connectivity index (χ0v) is 28.4. The second-order valence-corrected chi connectivity index (χ2v) is 17.8. The number of hydrogen-bond acceptors (Lipinski definition) is 4. The van der Waals surface area contributed by atoms with Crippen LogP contribution in [0.25, 0.3) is 0 Å². The van der Waals surface area contributed by atoms with Crippen molar-refractivity contribution in [1.29, 1.82) is 0 Å². The molecule has 0 bridgehead atoms. The number of fused-ring (bicyclic) bond motifs is 4. The van der Waals surface area contributed by atoms with Crippen LogP contribution in [0.15, 0.2) is 39.7 Å². The van der Waals surface area contributed by atoms with E-state index in [4.69, 9.17) is 8.92 Å². The highest BCUT2D eigenvalue weighted by Gasteiger charge is 2.77. The summed E-state index contributed by atoms with van der Waals surface area (Å²) >= 11 is 3.78. The van der Waals surface area contributed by atoms with Gasteiger partial charge in [0.2, 0.25) is 0 Å². The van der Waals surface area contributed by atoms with Gasteiger partial charge in [-0.25, -0.2) is 0 Å². The predicted octanol–water partition coefficient (Wildman–Crippen LogP) is 8.93. The summed E-state index contributed by atoms with van der Waals surface area (Å²) < 4.78 is 39.9. The summed E-state index contributed by atoms with van der Waals surface area (Å²) in [6, 6.07) is 7.01. The van der Waals surface area contributed by atoms with Crippen molar-refractivity contribution in [2.24, 2.45) is 57.7 Å². The Balaban J connectivity index is 1.26. The molecular formula is C35H51BrO4S. The van der Waals surface area contributed by atoms with Crippen LogP contribution in [-0.2, 0) is 19.0 Å². The molecule has 6 rings (SSSR count). The van der Waals surface area contributed by atoms with Gasteiger partial charge in [0.15, 0.2) is 0 Å². The Morgan fingerprint density at radius 1 is 1.07 bits per heavy atom. The highest BCUT2D eigenvalue weighted by molar-refractivity contribution is 9.11. The molecule has 1 spiro atoms. The van der Waals surface area contributed by atoms with Crippen molar-refractivity contribution in [1.82, 2.24) is 0 Å². The summed E-state index contributed by atoms with van der Waals surface area (Å²) in [6.07, 6.45) is 13.9. The minimum absolute atomic E-state index is 0.163. The molecule has 5 aliphatic carbocycles. The molecule has 0 radical (unpaired) electrons. The number of hydrogen-bond donors (Lipinski definition) is 0. The molecule has 0 unspecified atom stereocenters. The normalized spacial score (nSPS) is 42.4. The van der Waals surface area contributed by atoms with Crippen LogP contribution in [0.3, 0.4) is 0 Å². The minimum Gasteiger partial charge on any atom is -0.381 e. The number of rotatable bonds is 9. The van der Waals surface area contributed by atoms with E-state index in [-0.39, 0.29) is 22.8 Å². The molecule has 1 aromatic carbocycles. The summed E-state index contributed by atoms with van der Waals surface area (Å²) in [6.45, 7) is 11.8. The molecule has 4 nitrogen and oxygen atoms in total. The topological polar surface area (TPSA) is 52.6 Å². The molecule has 0 N–H and O–H groups in total. The van der Waals surface area contributed by atoms with Gasteiger partial charge in [0.25, 0.3) is 10.1 Å². The van der Waals surface area contributed by atoms with E-state index in [0.29, 0.717) is 34.7 Å². The zero-order chi connectivity index (χ0) is 29.4. The quantitative estimate of drug-likeness (QED) is 0.251. The standard InChI is InChI=1S/C35H51BrO4S/c1-22(2)31(36)14-9-24(21-40-41(37,38)26-10-7-23(3)8-11-26)28-12-13-29-27-19-32(39-6)35-20-25(35)15-18-34(35,5)30(27)16-17-33(28,29)4/h7-8,10-11,14,22,24-25,27-30,32H,9,12-13,15-21H2,1-6H3/b31-14-/t24-,25+,27-,28+,29-,30-,32+,33+,34+,35-/m0/s1. The highest BCUT2D eigenvalue weighted by atomic mass is 79.9.